The van der Waals surface area contributed by atoms with Crippen LogP contribution in [0.3, 0.4) is 0 Å². The number of nitrogens with zero attached hydrogens (tertiary/aromatic N) is 3. The zero-order valence-corrected chi connectivity index (χ0v) is 17.5. The van der Waals surface area contributed by atoms with Gasteiger partial charge in [0.05, 0.1) is 17.4 Å². The summed E-state index contributed by atoms with van der Waals surface area (Å²) in [5.41, 5.74) is 2.24. The van der Waals surface area contributed by atoms with Crippen molar-refractivity contribution >= 4 is 52.3 Å². The summed E-state index contributed by atoms with van der Waals surface area (Å²) in [5.74, 6) is 0.863. The molecule has 3 rings (SSSR count). The fraction of sp³-hybridized carbons (Fsp3) is 0.333. The number of aliphatic imine (C=N–C) groups is 1. The van der Waals surface area contributed by atoms with Crippen molar-refractivity contribution in [3.8, 4) is 0 Å². The van der Waals surface area contributed by atoms with Gasteiger partial charge >= 0.3 is 0 Å². The van der Waals surface area contributed by atoms with Crippen molar-refractivity contribution in [3.05, 3.63) is 53.0 Å². The summed E-state index contributed by atoms with van der Waals surface area (Å²) in [7, 11) is 1.81. The van der Waals surface area contributed by atoms with Gasteiger partial charge in [0, 0.05) is 31.6 Å². The molecule has 0 amide bonds. The second-order valence-electron chi connectivity index (χ2n) is 5.54. The number of rotatable bonds is 7. The molecule has 0 saturated heterocycles. The molecule has 3 aromatic rings. The molecule has 7 heteroatoms. The molecule has 25 heavy (non-hydrogen) atoms. The van der Waals surface area contributed by atoms with Crippen molar-refractivity contribution in [2.24, 2.45) is 4.99 Å². The Bertz CT molecular complexity index is 782. The Morgan fingerprint density at radius 1 is 1.16 bits per heavy atom. The van der Waals surface area contributed by atoms with Crippen molar-refractivity contribution in [2.75, 3.05) is 20.1 Å². The average molecular weight is 469 g/mol. The molecule has 0 bridgehead atoms. The number of fused-ring (bicyclic) bond motifs is 1. The van der Waals surface area contributed by atoms with Crippen LogP contribution in [0.2, 0.25) is 0 Å². The Kier molecular flexibility index (Phi) is 8.20. The molecule has 0 radical (unpaired) electrons. The van der Waals surface area contributed by atoms with Crippen LogP contribution in [0.5, 0.6) is 0 Å². The van der Waals surface area contributed by atoms with E-state index in [4.69, 9.17) is 0 Å². The molecule has 5 nitrogen and oxygen atoms in total. The zero-order chi connectivity index (χ0) is 16.6. The van der Waals surface area contributed by atoms with Crippen LogP contribution in [0.4, 0.5) is 0 Å². The summed E-state index contributed by atoms with van der Waals surface area (Å²) in [5, 5.41) is 8.84. The summed E-state index contributed by atoms with van der Waals surface area (Å²) in [6, 6.07) is 12.5. The van der Waals surface area contributed by atoms with Gasteiger partial charge in [-0.15, -0.1) is 35.3 Å². The van der Waals surface area contributed by atoms with Crippen LogP contribution in [0, 0.1) is 0 Å². The van der Waals surface area contributed by atoms with E-state index in [0.29, 0.717) is 0 Å². The third-order valence-electron chi connectivity index (χ3n) is 3.86. The van der Waals surface area contributed by atoms with Crippen molar-refractivity contribution in [3.63, 3.8) is 0 Å². The first-order valence-corrected chi connectivity index (χ1v) is 9.11. The lowest BCUT2D eigenvalue weighted by atomic mass is 10.3. The van der Waals surface area contributed by atoms with E-state index in [2.05, 4.69) is 54.8 Å². The van der Waals surface area contributed by atoms with Crippen LogP contribution < -0.4 is 10.6 Å². The van der Waals surface area contributed by atoms with Crippen LogP contribution in [0.1, 0.15) is 11.3 Å². The fourth-order valence-electron chi connectivity index (χ4n) is 2.62. The second kappa shape index (κ2) is 10.4. The molecule has 0 fully saturated rings. The molecule has 0 aliphatic rings. The van der Waals surface area contributed by atoms with Gasteiger partial charge in [-0.3, -0.25) is 4.99 Å². The lowest BCUT2D eigenvalue weighted by molar-refractivity contribution is 0.637. The predicted octanol–water partition coefficient (Wildman–Crippen LogP) is 3.51. The van der Waals surface area contributed by atoms with E-state index in [9.17, 15) is 0 Å². The van der Waals surface area contributed by atoms with Gasteiger partial charge in [0.2, 0.25) is 0 Å². The van der Waals surface area contributed by atoms with Gasteiger partial charge in [-0.1, -0.05) is 18.2 Å². The number of imidazole rings is 1. The van der Waals surface area contributed by atoms with Crippen LogP contribution in [-0.2, 0) is 13.0 Å². The number of nitrogens with one attached hydrogen (secondary N) is 2. The molecule has 2 N–H and O–H groups in total. The molecule has 0 saturated carbocycles. The molecule has 0 unspecified atom stereocenters. The van der Waals surface area contributed by atoms with Crippen LogP contribution in [-0.4, -0.2) is 35.6 Å². The Hall–Kier alpha value is -1.61. The average Bonchev–Trinajstić information content (AvgIpc) is 3.27. The number of hydrogen-bond donors (Lipinski definition) is 2. The molecule has 2 aromatic heterocycles. The third-order valence-corrected chi connectivity index (χ3v) is 4.80. The van der Waals surface area contributed by atoms with E-state index in [1.807, 2.05) is 25.5 Å². The summed E-state index contributed by atoms with van der Waals surface area (Å²) in [6.07, 6.45) is 3.96. The number of para-hydroxylation sites is 2. The van der Waals surface area contributed by atoms with E-state index in [-0.39, 0.29) is 24.0 Å². The smallest absolute Gasteiger partial charge is 0.190 e. The topological polar surface area (TPSA) is 54.2 Å². The van der Waals surface area contributed by atoms with E-state index in [1.165, 1.54) is 10.4 Å². The van der Waals surface area contributed by atoms with E-state index in [1.54, 1.807) is 11.3 Å². The maximum Gasteiger partial charge on any atom is 0.190 e. The normalized spacial score (nSPS) is 11.3. The number of hydrogen-bond acceptors (Lipinski definition) is 3. The Morgan fingerprint density at radius 3 is 2.80 bits per heavy atom. The molecule has 0 atom stereocenters. The Morgan fingerprint density at radius 2 is 2.00 bits per heavy atom. The highest BCUT2D eigenvalue weighted by Gasteiger charge is 2.02. The first kappa shape index (κ1) is 19.7. The number of halogens is 1. The Balaban J connectivity index is 0.00000225. The highest BCUT2D eigenvalue weighted by molar-refractivity contribution is 14.0. The molecule has 2 heterocycles. The first-order valence-electron chi connectivity index (χ1n) is 8.23. The standard InChI is InChI=1S/C18H23N5S.HI/c1-19-18(21-11-9-15-6-4-13-24-15)20-10-5-12-23-14-22-16-7-2-3-8-17(16)23;/h2-4,6-8,13-14H,5,9-12H2,1H3,(H2,19,20,21);1H. The van der Waals surface area contributed by atoms with E-state index >= 15 is 0 Å². The van der Waals surface area contributed by atoms with Crippen LogP contribution >= 0.6 is 35.3 Å². The second-order valence-corrected chi connectivity index (χ2v) is 6.57. The maximum absolute atomic E-state index is 4.42. The molecule has 0 spiro atoms. The van der Waals surface area contributed by atoms with Gasteiger partial charge < -0.3 is 15.2 Å². The van der Waals surface area contributed by atoms with Gasteiger partial charge in [0.15, 0.2) is 5.96 Å². The minimum absolute atomic E-state index is 0. The summed E-state index contributed by atoms with van der Waals surface area (Å²) in [6.45, 7) is 2.72. The lowest BCUT2D eigenvalue weighted by Gasteiger charge is -2.11. The maximum atomic E-state index is 4.42. The number of thiophene rings is 1. The highest BCUT2D eigenvalue weighted by atomic mass is 127. The minimum Gasteiger partial charge on any atom is -0.356 e. The van der Waals surface area contributed by atoms with E-state index < -0.39 is 0 Å². The fourth-order valence-corrected chi connectivity index (χ4v) is 3.33. The monoisotopic (exact) mass is 469 g/mol. The lowest BCUT2D eigenvalue weighted by Crippen LogP contribution is -2.38. The molecular formula is C18H24IN5S. The number of benzene rings is 1. The number of aromatic nitrogens is 2. The molecule has 134 valence electrons. The summed E-state index contributed by atoms with van der Waals surface area (Å²) < 4.78 is 2.20. The van der Waals surface area contributed by atoms with Gasteiger partial charge in [-0.2, -0.15) is 0 Å². The van der Waals surface area contributed by atoms with Crippen LogP contribution in [0.15, 0.2) is 53.1 Å². The zero-order valence-electron chi connectivity index (χ0n) is 14.3. The van der Waals surface area contributed by atoms with Crippen molar-refractivity contribution in [1.82, 2.24) is 20.2 Å². The van der Waals surface area contributed by atoms with E-state index in [0.717, 1.165) is 44.0 Å². The SMILES string of the molecule is CN=C(NCCCn1cnc2ccccc21)NCCc1cccs1.I. The van der Waals surface area contributed by atoms with Crippen molar-refractivity contribution < 1.29 is 0 Å². The third kappa shape index (κ3) is 5.71. The number of aryl methyl sites for hydroxylation is 1. The summed E-state index contributed by atoms with van der Waals surface area (Å²) >= 11 is 1.79. The molecular weight excluding hydrogens is 445 g/mol. The van der Waals surface area contributed by atoms with Gasteiger partial charge in [-0.25, -0.2) is 4.98 Å². The van der Waals surface area contributed by atoms with Crippen LogP contribution in [0.25, 0.3) is 11.0 Å². The molecule has 1 aromatic carbocycles. The van der Waals surface area contributed by atoms with Gasteiger partial charge in [0.25, 0.3) is 0 Å². The number of guanidine groups is 1. The predicted molar refractivity (Wildman–Crippen MR) is 117 cm³/mol. The minimum atomic E-state index is 0. The highest BCUT2D eigenvalue weighted by Crippen LogP contribution is 2.11. The molecule has 0 aliphatic carbocycles. The largest absolute Gasteiger partial charge is 0.356 e. The van der Waals surface area contributed by atoms with Crippen molar-refractivity contribution in [1.29, 1.82) is 0 Å². The Labute approximate surface area is 169 Å². The van der Waals surface area contributed by atoms with Crippen molar-refractivity contribution in [2.45, 2.75) is 19.4 Å². The first-order chi connectivity index (χ1) is 11.9. The van der Waals surface area contributed by atoms with Gasteiger partial charge in [-0.05, 0) is 36.4 Å². The summed E-state index contributed by atoms with van der Waals surface area (Å²) in [4.78, 5) is 10.1. The quantitative estimate of drug-likeness (QED) is 0.241. The molecule has 0 aliphatic heterocycles. The van der Waals surface area contributed by atoms with Gasteiger partial charge in [0.1, 0.15) is 0 Å².